The number of carbonyl (C=O) groups excluding carboxylic acids is 1. The van der Waals surface area contributed by atoms with Crippen molar-refractivity contribution in [3.8, 4) is 0 Å². The highest BCUT2D eigenvalue weighted by molar-refractivity contribution is 5.95. The van der Waals surface area contributed by atoms with Crippen molar-refractivity contribution in [3.05, 3.63) is 29.3 Å². The maximum absolute atomic E-state index is 14.1. The number of fused-ring (bicyclic) bond motifs is 1. The predicted molar refractivity (Wildman–Crippen MR) is 76.8 cm³/mol. The van der Waals surface area contributed by atoms with E-state index in [0.29, 0.717) is 12.5 Å². The number of nitrogens with zero attached hydrogens (tertiary/aromatic N) is 1. The number of nitrogens with two attached hydrogens (primary N) is 1. The molecule has 1 saturated heterocycles. The second-order valence-corrected chi connectivity index (χ2v) is 6.11. The fraction of sp³-hybridized carbons (Fsp3) is 0.562. The lowest BCUT2D eigenvalue weighted by Crippen LogP contribution is -2.49. The number of benzene rings is 1. The van der Waals surface area contributed by atoms with Gasteiger partial charge in [-0.2, -0.15) is 0 Å². The second kappa shape index (κ2) is 5.62. The number of piperidine rings is 1. The van der Waals surface area contributed by atoms with Gasteiger partial charge in [0.05, 0.1) is 11.3 Å². The highest BCUT2D eigenvalue weighted by Gasteiger charge is 2.36. The molecule has 0 bridgehead atoms. The quantitative estimate of drug-likeness (QED) is 0.807. The van der Waals surface area contributed by atoms with Crippen molar-refractivity contribution < 1.29 is 13.6 Å². The summed E-state index contributed by atoms with van der Waals surface area (Å²) in [5.74, 6) is -1.39. The van der Waals surface area contributed by atoms with Crippen LogP contribution in [0.15, 0.2) is 12.1 Å². The number of halogens is 2. The minimum Gasteiger partial charge on any atom is -0.396 e. The zero-order valence-corrected chi connectivity index (χ0v) is 11.9. The Hall–Kier alpha value is -1.65. The van der Waals surface area contributed by atoms with Crippen LogP contribution < -0.4 is 5.73 Å². The van der Waals surface area contributed by atoms with E-state index in [2.05, 4.69) is 0 Å². The van der Waals surface area contributed by atoms with E-state index in [1.807, 2.05) is 0 Å². The monoisotopic (exact) mass is 294 g/mol. The van der Waals surface area contributed by atoms with Crippen molar-refractivity contribution in [2.24, 2.45) is 5.92 Å². The minimum atomic E-state index is -0.806. The fourth-order valence-electron chi connectivity index (χ4n) is 3.80. The zero-order chi connectivity index (χ0) is 15.0. The summed E-state index contributed by atoms with van der Waals surface area (Å²) in [6, 6.07) is 2.04. The van der Waals surface area contributed by atoms with E-state index in [4.69, 9.17) is 5.73 Å². The van der Waals surface area contributed by atoms with E-state index in [-0.39, 0.29) is 17.3 Å². The van der Waals surface area contributed by atoms with Crippen molar-refractivity contribution in [2.75, 3.05) is 12.3 Å². The Morgan fingerprint density at radius 1 is 1.14 bits per heavy atom. The Morgan fingerprint density at radius 2 is 1.86 bits per heavy atom. The van der Waals surface area contributed by atoms with Gasteiger partial charge in [0.2, 0.25) is 0 Å². The van der Waals surface area contributed by atoms with Crippen LogP contribution in [-0.2, 0) is 0 Å². The van der Waals surface area contributed by atoms with E-state index >= 15 is 0 Å². The van der Waals surface area contributed by atoms with Gasteiger partial charge in [0, 0.05) is 12.6 Å². The van der Waals surface area contributed by atoms with Gasteiger partial charge in [-0.05, 0) is 43.7 Å². The molecule has 1 saturated carbocycles. The zero-order valence-electron chi connectivity index (χ0n) is 11.9. The minimum absolute atomic E-state index is 0.170. The third-order valence-electron chi connectivity index (χ3n) is 4.80. The molecule has 1 aliphatic carbocycles. The van der Waals surface area contributed by atoms with Crippen LogP contribution in [0, 0.1) is 17.6 Å². The van der Waals surface area contributed by atoms with Crippen LogP contribution in [0.4, 0.5) is 14.5 Å². The van der Waals surface area contributed by atoms with E-state index in [1.54, 1.807) is 4.90 Å². The van der Waals surface area contributed by atoms with Crippen molar-refractivity contribution in [1.82, 2.24) is 4.90 Å². The molecule has 3 nitrogen and oxygen atoms in total. The first-order valence-corrected chi connectivity index (χ1v) is 7.63. The summed E-state index contributed by atoms with van der Waals surface area (Å²) in [6.45, 7) is 0.621. The largest absolute Gasteiger partial charge is 0.396 e. The summed E-state index contributed by atoms with van der Waals surface area (Å²) in [6.07, 6.45) is 6.44. The molecule has 21 heavy (non-hydrogen) atoms. The van der Waals surface area contributed by atoms with Crippen molar-refractivity contribution in [2.45, 2.75) is 44.6 Å². The first kappa shape index (κ1) is 14.3. The Balaban J connectivity index is 1.90. The molecule has 1 heterocycles. The van der Waals surface area contributed by atoms with Gasteiger partial charge in [0.15, 0.2) is 5.82 Å². The van der Waals surface area contributed by atoms with Crippen molar-refractivity contribution in [3.63, 3.8) is 0 Å². The molecule has 0 aromatic heterocycles. The fourth-order valence-corrected chi connectivity index (χ4v) is 3.80. The van der Waals surface area contributed by atoms with Gasteiger partial charge in [0.25, 0.3) is 5.91 Å². The summed E-state index contributed by atoms with van der Waals surface area (Å²) in [7, 11) is 0. The maximum atomic E-state index is 14.1. The highest BCUT2D eigenvalue weighted by Crippen LogP contribution is 2.36. The van der Waals surface area contributed by atoms with E-state index in [9.17, 15) is 13.6 Å². The molecule has 2 unspecified atom stereocenters. The lowest BCUT2D eigenvalue weighted by Gasteiger charge is -2.44. The summed E-state index contributed by atoms with van der Waals surface area (Å²) in [5.41, 5.74) is 4.89. The average molecular weight is 294 g/mol. The van der Waals surface area contributed by atoms with Gasteiger partial charge in [-0.25, -0.2) is 8.78 Å². The number of rotatable bonds is 1. The number of hydrogen-bond donors (Lipinski definition) is 1. The molecule has 1 aromatic rings. The lowest BCUT2D eigenvalue weighted by atomic mass is 9.78. The summed E-state index contributed by atoms with van der Waals surface area (Å²) in [4.78, 5) is 14.4. The van der Waals surface area contributed by atoms with Gasteiger partial charge in [-0.3, -0.25) is 4.79 Å². The number of nitrogen functional groups attached to an aromatic ring is 1. The third-order valence-corrected chi connectivity index (χ3v) is 4.80. The SMILES string of the molecule is Nc1cc(F)cc(C(=O)N2CCCC3CCCCC32)c1F. The standard InChI is InChI=1S/C16H20F2N2O/c17-11-8-12(15(18)13(19)9-11)16(21)20-7-3-5-10-4-1-2-6-14(10)20/h8-10,14H,1-7,19H2. The van der Waals surface area contributed by atoms with Crippen LogP contribution in [0.2, 0.25) is 0 Å². The third kappa shape index (κ3) is 2.61. The molecule has 0 spiro atoms. The second-order valence-electron chi connectivity index (χ2n) is 6.11. The van der Waals surface area contributed by atoms with Crippen molar-refractivity contribution in [1.29, 1.82) is 0 Å². The Kier molecular flexibility index (Phi) is 3.83. The molecule has 2 N–H and O–H groups in total. The van der Waals surface area contributed by atoms with Gasteiger partial charge in [0.1, 0.15) is 5.82 Å². The summed E-state index contributed by atoms with van der Waals surface area (Å²) >= 11 is 0. The smallest absolute Gasteiger partial charge is 0.257 e. The molecule has 114 valence electrons. The molecule has 1 amide bonds. The van der Waals surface area contributed by atoms with Gasteiger partial charge >= 0.3 is 0 Å². The Labute approximate surface area is 123 Å². The van der Waals surface area contributed by atoms with Crippen LogP contribution in [-0.4, -0.2) is 23.4 Å². The van der Waals surface area contributed by atoms with E-state index in [1.165, 1.54) is 6.42 Å². The number of anilines is 1. The van der Waals surface area contributed by atoms with Crippen LogP contribution in [0.3, 0.4) is 0 Å². The Bertz CT molecular complexity index is 559. The van der Waals surface area contributed by atoms with Crippen LogP contribution >= 0.6 is 0 Å². The number of amides is 1. The molecule has 1 aromatic carbocycles. The summed E-state index contributed by atoms with van der Waals surface area (Å²) in [5, 5.41) is 0. The van der Waals surface area contributed by atoms with Gasteiger partial charge < -0.3 is 10.6 Å². The summed E-state index contributed by atoms with van der Waals surface area (Å²) < 4.78 is 27.5. The molecule has 2 aliphatic rings. The molecule has 5 heteroatoms. The Morgan fingerprint density at radius 3 is 2.67 bits per heavy atom. The number of carbonyl (C=O) groups is 1. The van der Waals surface area contributed by atoms with Gasteiger partial charge in [-0.15, -0.1) is 0 Å². The first-order chi connectivity index (χ1) is 10.1. The van der Waals surface area contributed by atoms with Crippen molar-refractivity contribution >= 4 is 11.6 Å². The molecule has 1 aliphatic heterocycles. The van der Waals surface area contributed by atoms with Crippen LogP contribution in [0.5, 0.6) is 0 Å². The topological polar surface area (TPSA) is 46.3 Å². The normalized spacial score (nSPS) is 25.5. The molecular weight excluding hydrogens is 274 g/mol. The maximum Gasteiger partial charge on any atom is 0.257 e. The highest BCUT2D eigenvalue weighted by atomic mass is 19.1. The average Bonchev–Trinajstić information content (AvgIpc) is 2.49. The first-order valence-electron chi connectivity index (χ1n) is 7.63. The predicted octanol–water partition coefficient (Wildman–Crippen LogP) is 3.34. The van der Waals surface area contributed by atoms with Gasteiger partial charge in [-0.1, -0.05) is 12.8 Å². The number of hydrogen-bond acceptors (Lipinski definition) is 2. The lowest BCUT2D eigenvalue weighted by molar-refractivity contribution is 0.0386. The van der Waals surface area contributed by atoms with Crippen LogP contribution in [0.25, 0.3) is 0 Å². The molecule has 2 fully saturated rings. The van der Waals surface area contributed by atoms with E-state index < -0.39 is 17.5 Å². The molecule has 3 rings (SSSR count). The number of likely N-dealkylation sites (tertiary alicyclic amines) is 1. The van der Waals surface area contributed by atoms with E-state index in [0.717, 1.165) is 44.2 Å². The molecule has 2 atom stereocenters. The van der Waals surface area contributed by atoms with Crippen LogP contribution in [0.1, 0.15) is 48.9 Å². The molecular formula is C16H20F2N2O. The molecule has 0 radical (unpaired) electrons.